The number of ether oxygens (including phenoxy) is 3. The van der Waals surface area contributed by atoms with E-state index in [0.717, 1.165) is 0 Å². The minimum Gasteiger partial charge on any atom is -0.493 e. The molecule has 2 rings (SSSR count). The third-order valence-electron chi connectivity index (χ3n) is 4.01. The summed E-state index contributed by atoms with van der Waals surface area (Å²) in [5.41, 5.74) is 1.02. The Labute approximate surface area is 180 Å². The molecular weight excluding hydrogens is 424 g/mol. The predicted octanol–water partition coefficient (Wildman–Crippen LogP) is 2.32. The second-order valence-electron chi connectivity index (χ2n) is 6.31. The molecule has 0 aliphatic carbocycles. The first kappa shape index (κ1) is 23.9. The summed E-state index contributed by atoms with van der Waals surface area (Å²) < 4.78 is 38.3. The van der Waals surface area contributed by atoms with Gasteiger partial charge in [0.05, 0.1) is 18.6 Å². The summed E-state index contributed by atoms with van der Waals surface area (Å²) in [6, 6.07) is 10.5. The lowest BCUT2D eigenvalue weighted by Gasteiger charge is -2.12. The molecule has 10 heteroatoms. The van der Waals surface area contributed by atoms with Crippen LogP contribution in [0.15, 0.2) is 53.4 Å². The van der Waals surface area contributed by atoms with Crippen LogP contribution in [0, 0.1) is 0 Å². The summed E-state index contributed by atoms with van der Waals surface area (Å²) in [7, 11) is -2.31. The van der Waals surface area contributed by atoms with Gasteiger partial charge in [0.1, 0.15) is 0 Å². The molecule has 1 atom stereocenters. The number of amides is 1. The van der Waals surface area contributed by atoms with Gasteiger partial charge in [-0.25, -0.2) is 18.4 Å². The first-order chi connectivity index (χ1) is 14.6. The van der Waals surface area contributed by atoms with Gasteiger partial charge in [-0.05, 0) is 61.9 Å². The first-order valence-corrected chi connectivity index (χ1v) is 10.8. The molecule has 0 fully saturated rings. The second-order valence-corrected chi connectivity index (χ2v) is 7.88. The smallest absolute Gasteiger partial charge is 0.331 e. The summed E-state index contributed by atoms with van der Waals surface area (Å²) in [5, 5.41) is 7.55. The number of anilines is 1. The van der Waals surface area contributed by atoms with Crippen molar-refractivity contribution in [3.63, 3.8) is 0 Å². The molecule has 0 saturated heterocycles. The van der Waals surface area contributed by atoms with E-state index in [4.69, 9.17) is 19.3 Å². The van der Waals surface area contributed by atoms with Crippen molar-refractivity contribution in [1.29, 1.82) is 0 Å². The van der Waals surface area contributed by atoms with E-state index in [1.807, 2.05) is 6.92 Å². The number of esters is 1. The molecular formula is C21H24N2O7S. The normalized spacial score (nSPS) is 12.3. The zero-order valence-electron chi connectivity index (χ0n) is 17.3. The third kappa shape index (κ3) is 7.12. The molecule has 0 bridgehead atoms. The fourth-order valence-corrected chi connectivity index (χ4v) is 2.98. The highest BCUT2D eigenvalue weighted by Gasteiger charge is 2.17. The summed E-state index contributed by atoms with van der Waals surface area (Å²) in [5.74, 6) is -0.168. The van der Waals surface area contributed by atoms with Crippen LogP contribution in [0.5, 0.6) is 11.5 Å². The van der Waals surface area contributed by atoms with Crippen LogP contribution >= 0.6 is 0 Å². The molecule has 31 heavy (non-hydrogen) atoms. The molecule has 0 unspecified atom stereocenters. The molecule has 3 N–H and O–H groups in total. The molecule has 166 valence electrons. The van der Waals surface area contributed by atoms with Gasteiger partial charge in [-0.2, -0.15) is 0 Å². The van der Waals surface area contributed by atoms with Gasteiger partial charge in [0.25, 0.3) is 5.91 Å². The van der Waals surface area contributed by atoms with Gasteiger partial charge in [0.15, 0.2) is 17.6 Å². The average Bonchev–Trinajstić information content (AvgIpc) is 2.72. The summed E-state index contributed by atoms with van der Waals surface area (Å²) in [6.45, 7) is 3.77. The number of methoxy groups -OCH3 is 1. The Kier molecular flexibility index (Phi) is 8.17. The molecule has 2 aromatic carbocycles. The van der Waals surface area contributed by atoms with E-state index in [2.05, 4.69) is 5.32 Å². The van der Waals surface area contributed by atoms with Crippen LogP contribution in [0.3, 0.4) is 0 Å². The van der Waals surface area contributed by atoms with Crippen molar-refractivity contribution in [2.45, 2.75) is 24.8 Å². The van der Waals surface area contributed by atoms with Crippen LogP contribution in [-0.4, -0.2) is 40.1 Å². The monoisotopic (exact) mass is 448 g/mol. The van der Waals surface area contributed by atoms with Crippen LogP contribution in [0.25, 0.3) is 6.08 Å². The SMILES string of the molecule is CCOc1ccc(/C=C/C(=O)O[C@@H](C)C(=O)Nc2ccc(S(N)(=O)=O)cc2)cc1OC. The standard InChI is InChI=1S/C21H24N2O7S/c1-4-29-18-11-5-15(13-19(18)28-3)6-12-20(24)30-14(2)21(25)23-16-7-9-17(10-8-16)31(22,26)27/h5-14H,4H2,1-3H3,(H,23,25)(H2,22,26,27)/b12-6+/t14-/m0/s1. The number of carbonyl (C=O) groups is 2. The molecule has 9 nitrogen and oxygen atoms in total. The van der Waals surface area contributed by atoms with Gasteiger partial charge in [-0.3, -0.25) is 4.79 Å². The van der Waals surface area contributed by atoms with Crippen molar-refractivity contribution in [2.24, 2.45) is 5.14 Å². The van der Waals surface area contributed by atoms with Crippen molar-refractivity contribution in [1.82, 2.24) is 0 Å². The van der Waals surface area contributed by atoms with Crippen molar-refractivity contribution in [3.8, 4) is 11.5 Å². The fraction of sp³-hybridized carbons (Fsp3) is 0.238. The highest BCUT2D eigenvalue weighted by Crippen LogP contribution is 2.28. The number of nitrogens with two attached hydrogens (primary N) is 1. The Balaban J connectivity index is 1.94. The number of benzene rings is 2. The van der Waals surface area contributed by atoms with E-state index in [9.17, 15) is 18.0 Å². The molecule has 1 amide bonds. The van der Waals surface area contributed by atoms with Gasteiger partial charge >= 0.3 is 5.97 Å². The Morgan fingerprint density at radius 1 is 1.13 bits per heavy atom. The average molecular weight is 448 g/mol. The molecule has 0 aromatic heterocycles. The minimum absolute atomic E-state index is 0.0824. The van der Waals surface area contributed by atoms with E-state index in [1.54, 1.807) is 18.2 Å². The van der Waals surface area contributed by atoms with Crippen LogP contribution in [0.4, 0.5) is 5.69 Å². The van der Waals surface area contributed by atoms with Crippen molar-refractivity contribution in [3.05, 3.63) is 54.1 Å². The number of sulfonamides is 1. The quantitative estimate of drug-likeness (QED) is 0.444. The number of hydrogen-bond donors (Lipinski definition) is 2. The molecule has 0 saturated carbocycles. The summed E-state index contributed by atoms with van der Waals surface area (Å²) >= 11 is 0. The zero-order valence-corrected chi connectivity index (χ0v) is 18.1. The maximum atomic E-state index is 12.2. The first-order valence-electron chi connectivity index (χ1n) is 9.27. The lowest BCUT2D eigenvalue weighted by atomic mass is 10.2. The Bertz CT molecular complexity index is 1060. The second kappa shape index (κ2) is 10.6. The van der Waals surface area contributed by atoms with E-state index in [0.29, 0.717) is 29.4 Å². The third-order valence-corrected chi connectivity index (χ3v) is 4.94. The minimum atomic E-state index is -3.82. The lowest BCUT2D eigenvalue weighted by Crippen LogP contribution is -2.29. The maximum Gasteiger partial charge on any atom is 0.331 e. The van der Waals surface area contributed by atoms with E-state index in [1.165, 1.54) is 50.5 Å². The van der Waals surface area contributed by atoms with Crippen LogP contribution in [0.1, 0.15) is 19.4 Å². The van der Waals surface area contributed by atoms with Crippen molar-refractivity contribution < 1.29 is 32.2 Å². The van der Waals surface area contributed by atoms with Gasteiger partial charge in [0.2, 0.25) is 10.0 Å². The largest absolute Gasteiger partial charge is 0.493 e. The predicted molar refractivity (Wildman–Crippen MR) is 115 cm³/mol. The zero-order chi connectivity index (χ0) is 23.0. The van der Waals surface area contributed by atoms with Crippen LogP contribution < -0.4 is 19.9 Å². The Hall–Kier alpha value is -3.37. The molecule has 2 aromatic rings. The van der Waals surface area contributed by atoms with Crippen molar-refractivity contribution in [2.75, 3.05) is 19.0 Å². The highest BCUT2D eigenvalue weighted by molar-refractivity contribution is 7.89. The number of nitrogens with one attached hydrogen (secondary N) is 1. The molecule has 0 aliphatic heterocycles. The number of hydrogen-bond acceptors (Lipinski definition) is 7. The van der Waals surface area contributed by atoms with Gasteiger partial charge < -0.3 is 19.5 Å². The van der Waals surface area contributed by atoms with Gasteiger partial charge in [-0.1, -0.05) is 6.07 Å². The van der Waals surface area contributed by atoms with Crippen LogP contribution in [0.2, 0.25) is 0 Å². The molecule has 0 aliphatic rings. The van der Waals surface area contributed by atoms with E-state index >= 15 is 0 Å². The van der Waals surface area contributed by atoms with Crippen LogP contribution in [-0.2, 0) is 24.3 Å². The molecule has 0 spiro atoms. The van der Waals surface area contributed by atoms with Gasteiger partial charge in [-0.15, -0.1) is 0 Å². The number of carbonyl (C=O) groups excluding carboxylic acids is 2. The fourth-order valence-electron chi connectivity index (χ4n) is 2.47. The van der Waals surface area contributed by atoms with Crippen molar-refractivity contribution >= 4 is 33.7 Å². The maximum absolute atomic E-state index is 12.2. The topological polar surface area (TPSA) is 134 Å². The number of primary sulfonamides is 1. The number of rotatable bonds is 9. The molecule has 0 heterocycles. The summed E-state index contributed by atoms with van der Waals surface area (Å²) in [4.78, 5) is 24.2. The van der Waals surface area contributed by atoms with E-state index in [-0.39, 0.29) is 4.90 Å². The highest BCUT2D eigenvalue weighted by atomic mass is 32.2. The Morgan fingerprint density at radius 2 is 1.81 bits per heavy atom. The summed E-state index contributed by atoms with van der Waals surface area (Å²) in [6.07, 6.45) is 1.64. The van der Waals surface area contributed by atoms with E-state index < -0.39 is 28.0 Å². The lowest BCUT2D eigenvalue weighted by molar-refractivity contribution is -0.148. The molecule has 0 radical (unpaired) electrons. The van der Waals surface area contributed by atoms with Gasteiger partial charge in [0, 0.05) is 11.8 Å². The Morgan fingerprint density at radius 3 is 2.39 bits per heavy atom.